The minimum absolute atomic E-state index is 0.102. The van der Waals surface area contributed by atoms with Gasteiger partial charge in [-0.25, -0.2) is 4.39 Å². The maximum absolute atomic E-state index is 13.0. The van der Waals surface area contributed by atoms with Crippen LogP contribution in [0.4, 0.5) is 4.39 Å². The first-order valence-electron chi connectivity index (χ1n) is 7.51. The Balaban J connectivity index is 1.85. The lowest BCUT2D eigenvalue weighted by Gasteiger charge is -2.48. The molecule has 2 nitrogen and oxygen atoms in total. The Bertz CT molecular complexity index is 576. The molecule has 0 bridgehead atoms. The predicted octanol–water partition coefficient (Wildman–Crippen LogP) is 3.32. The summed E-state index contributed by atoms with van der Waals surface area (Å²) in [6.07, 6.45) is 4.34. The van der Waals surface area contributed by atoms with Crippen molar-refractivity contribution >= 4 is 0 Å². The third kappa shape index (κ3) is 2.71. The SMILES string of the molecule is NNC(Cc1ccc(F)cc1)C1(c2ccccc2)CCC1. The molecule has 0 spiro atoms. The number of hydrogen-bond donors (Lipinski definition) is 2. The molecule has 0 amide bonds. The predicted molar refractivity (Wildman–Crippen MR) is 83.2 cm³/mol. The Hall–Kier alpha value is -1.71. The van der Waals surface area contributed by atoms with Crippen molar-refractivity contribution in [1.82, 2.24) is 5.43 Å². The normalized spacial score (nSPS) is 18.0. The molecule has 0 radical (unpaired) electrons. The largest absolute Gasteiger partial charge is 0.271 e. The Morgan fingerprint density at radius 2 is 1.71 bits per heavy atom. The summed E-state index contributed by atoms with van der Waals surface area (Å²) in [5.41, 5.74) is 5.58. The van der Waals surface area contributed by atoms with E-state index in [0.29, 0.717) is 0 Å². The average Bonchev–Trinajstić information content (AvgIpc) is 2.48. The van der Waals surface area contributed by atoms with Gasteiger partial charge in [-0.2, -0.15) is 0 Å². The Labute approximate surface area is 125 Å². The minimum atomic E-state index is -0.197. The molecule has 21 heavy (non-hydrogen) atoms. The first-order chi connectivity index (χ1) is 10.2. The van der Waals surface area contributed by atoms with Crippen molar-refractivity contribution in [2.75, 3.05) is 0 Å². The van der Waals surface area contributed by atoms with E-state index >= 15 is 0 Å². The highest BCUT2D eigenvalue weighted by Gasteiger charge is 2.44. The van der Waals surface area contributed by atoms with Crippen LogP contribution >= 0.6 is 0 Å². The molecular weight excluding hydrogens is 263 g/mol. The molecule has 3 N–H and O–H groups in total. The van der Waals surface area contributed by atoms with Gasteiger partial charge in [0.05, 0.1) is 0 Å². The highest BCUT2D eigenvalue weighted by Crippen LogP contribution is 2.47. The van der Waals surface area contributed by atoms with Crippen molar-refractivity contribution in [3.8, 4) is 0 Å². The van der Waals surface area contributed by atoms with Crippen molar-refractivity contribution in [3.05, 3.63) is 71.5 Å². The van der Waals surface area contributed by atoms with Gasteiger partial charge in [0.25, 0.3) is 0 Å². The molecule has 3 heteroatoms. The van der Waals surface area contributed by atoms with E-state index in [9.17, 15) is 4.39 Å². The number of halogens is 1. The van der Waals surface area contributed by atoms with Gasteiger partial charge in [0, 0.05) is 11.5 Å². The summed E-state index contributed by atoms with van der Waals surface area (Å²) in [6.45, 7) is 0. The van der Waals surface area contributed by atoms with Gasteiger partial charge in [-0.05, 0) is 42.5 Å². The average molecular weight is 284 g/mol. The third-order valence-corrected chi connectivity index (χ3v) is 4.82. The van der Waals surface area contributed by atoms with E-state index in [1.165, 1.54) is 24.1 Å². The fourth-order valence-corrected chi connectivity index (χ4v) is 3.44. The van der Waals surface area contributed by atoms with E-state index in [1.54, 1.807) is 0 Å². The molecule has 1 atom stereocenters. The van der Waals surface area contributed by atoms with E-state index in [-0.39, 0.29) is 17.3 Å². The van der Waals surface area contributed by atoms with Crippen LogP contribution in [0.2, 0.25) is 0 Å². The summed E-state index contributed by atoms with van der Waals surface area (Å²) >= 11 is 0. The van der Waals surface area contributed by atoms with Gasteiger partial charge in [0.2, 0.25) is 0 Å². The quantitative estimate of drug-likeness (QED) is 0.653. The number of hydrogen-bond acceptors (Lipinski definition) is 2. The van der Waals surface area contributed by atoms with Crippen LogP contribution in [0.25, 0.3) is 0 Å². The Morgan fingerprint density at radius 3 is 2.24 bits per heavy atom. The van der Waals surface area contributed by atoms with Gasteiger partial charge in [0.1, 0.15) is 5.82 Å². The molecule has 0 saturated heterocycles. The highest BCUT2D eigenvalue weighted by molar-refractivity contribution is 5.32. The zero-order valence-corrected chi connectivity index (χ0v) is 12.1. The molecular formula is C18H21FN2. The molecule has 1 aliphatic rings. The van der Waals surface area contributed by atoms with Gasteiger partial charge >= 0.3 is 0 Å². The maximum Gasteiger partial charge on any atom is 0.123 e. The molecule has 2 aromatic rings. The van der Waals surface area contributed by atoms with Gasteiger partial charge in [0.15, 0.2) is 0 Å². The molecule has 2 aromatic carbocycles. The van der Waals surface area contributed by atoms with Crippen LogP contribution in [0.5, 0.6) is 0 Å². The minimum Gasteiger partial charge on any atom is -0.271 e. The summed E-state index contributed by atoms with van der Waals surface area (Å²) in [6, 6.07) is 17.5. The maximum atomic E-state index is 13.0. The molecule has 3 rings (SSSR count). The fraction of sp³-hybridized carbons (Fsp3) is 0.333. The van der Waals surface area contributed by atoms with Crippen LogP contribution in [-0.2, 0) is 11.8 Å². The number of rotatable bonds is 5. The van der Waals surface area contributed by atoms with Crippen LogP contribution in [0.1, 0.15) is 30.4 Å². The lowest BCUT2D eigenvalue weighted by Crippen LogP contribution is -2.56. The first kappa shape index (κ1) is 14.2. The molecule has 1 unspecified atom stereocenters. The molecule has 1 aliphatic carbocycles. The van der Waals surface area contributed by atoms with Gasteiger partial charge in [-0.3, -0.25) is 11.3 Å². The summed E-state index contributed by atoms with van der Waals surface area (Å²) in [7, 11) is 0. The van der Waals surface area contributed by atoms with Gasteiger partial charge < -0.3 is 0 Å². The van der Waals surface area contributed by atoms with Crippen molar-refractivity contribution < 1.29 is 4.39 Å². The molecule has 0 heterocycles. The fourth-order valence-electron chi connectivity index (χ4n) is 3.44. The van der Waals surface area contributed by atoms with E-state index < -0.39 is 0 Å². The number of nitrogens with one attached hydrogen (secondary N) is 1. The lowest BCUT2D eigenvalue weighted by atomic mass is 9.59. The molecule has 110 valence electrons. The van der Waals surface area contributed by atoms with Crippen LogP contribution < -0.4 is 11.3 Å². The van der Waals surface area contributed by atoms with Crippen molar-refractivity contribution in [2.45, 2.75) is 37.1 Å². The monoisotopic (exact) mass is 284 g/mol. The number of nitrogens with two attached hydrogens (primary N) is 1. The number of hydrazine groups is 1. The van der Waals surface area contributed by atoms with Crippen molar-refractivity contribution in [2.24, 2.45) is 5.84 Å². The second-order valence-electron chi connectivity index (χ2n) is 5.93. The molecule has 1 saturated carbocycles. The van der Waals surface area contributed by atoms with Crippen LogP contribution in [-0.4, -0.2) is 6.04 Å². The third-order valence-electron chi connectivity index (χ3n) is 4.82. The van der Waals surface area contributed by atoms with Gasteiger partial charge in [-0.15, -0.1) is 0 Å². The zero-order chi connectivity index (χ0) is 14.7. The summed E-state index contributed by atoms with van der Waals surface area (Å²) in [5.74, 6) is 5.66. The van der Waals surface area contributed by atoms with Crippen LogP contribution in [0, 0.1) is 5.82 Å². The van der Waals surface area contributed by atoms with E-state index in [1.807, 2.05) is 18.2 Å². The van der Waals surface area contributed by atoms with E-state index in [4.69, 9.17) is 5.84 Å². The zero-order valence-electron chi connectivity index (χ0n) is 12.1. The first-order valence-corrected chi connectivity index (χ1v) is 7.51. The van der Waals surface area contributed by atoms with Crippen molar-refractivity contribution in [1.29, 1.82) is 0 Å². The topological polar surface area (TPSA) is 38.0 Å². The highest BCUT2D eigenvalue weighted by atomic mass is 19.1. The lowest BCUT2D eigenvalue weighted by molar-refractivity contribution is 0.168. The van der Waals surface area contributed by atoms with E-state index in [2.05, 4.69) is 29.7 Å². The van der Waals surface area contributed by atoms with E-state index in [0.717, 1.165) is 24.8 Å². The molecule has 1 fully saturated rings. The standard InChI is InChI=1S/C18H21FN2/c19-16-9-7-14(8-10-16)13-17(21-20)18(11-4-12-18)15-5-2-1-3-6-15/h1-3,5-10,17,21H,4,11-13,20H2. The Kier molecular flexibility index (Phi) is 4.04. The second-order valence-corrected chi connectivity index (χ2v) is 5.93. The van der Waals surface area contributed by atoms with Crippen LogP contribution in [0.3, 0.4) is 0 Å². The Morgan fingerprint density at radius 1 is 1.05 bits per heavy atom. The van der Waals surface area contributed by atoms with Crippen LogP contribution in [0.15, 0.2) is 54.6 Å². The van der Waals surface area contributed by atoms with Crippen molar-refractivity contribution in [3.63, 3.8) is 0 Å². The summed E-state index contributed by atoms with van der Waals surface area (Å²) in [4.78, 5) is 0. The number of benzene rings is 2. The molecule has 0 aliphatic heterocycles. The summed E-state index contributed by atoms with van der Waals surface area (Å²) < 4.78 is 13.0. The molecule has 0 aromatic heterocycles. The van der Waals surface area contributed by atoms with Gasteiger partial charge in [-0.1, -0.05) is 48.9 Å². The second kappa shape index (κ2) is 5.96. The summed E-state index contributed by atoms with van der Waals surface area (Å²) in [5, 5.41) is 0. The smallest absolute Gasteiger partial charge is 0.123 e.